The molecule has 16 aromatic heterocycles. The number of fused-ring (bicyclic) bond motifs is 9. The minimum Gasteiger partial charge on any atom is -0.494 e. The predicted molar refractivity (Wildman–Crippen MR) is 548 cm³/mol. The lowest BCUT2D eigenvalue weighted by Gasteiger charge is -2.37. The van der Waals surface area contributed by atoms with Crippen LogP contribution in [0.15, 0.2) is 238 Å². The molecule has 6 aliphatic rings. The topological polar surface area (TPSA) is 310 Å². The van der Waals surface area contributed by atoms with E-state index in [4.69, 9.17) is 9.47 Å². The first kappa shape index (κ1) is 95.9. The third-order valence-electron chi connectivity index (χ3n) is 27.4. The Bertz CT molecular complexity index is 8250. The van der Waals surface area contributed by atoms with E-state index in [-0.39, 0.29) is 56.2 Å². The summed E-state index contributed by atoms with van der Waals surface area (Å²) in [5, 5.41) is 13.6. The summed E-state index contributed by atoms with van der Waals surface area (Å²) in [5.74, 6) is -0.612. The Labute approximate surface area is 822 Å². The maximum atomic E-state index is 14.5. The van der Waals surface area contributed by atoms with Gasteiger partial charge in [-0.05, 0) is 202 Å². The second kappa shape index (κ2) is 40.8. The molecule has 22 heterocycles. The number of hydrogen-bond acceptors (Lipinski definition) is 25. The van der Waals surface area contributed by atoms with Crippen molar-refractivity contribution in [2.45, 2.75) is 72.0 Å². The number of ether oxygens (including phenoxy) is 2. The summed E-state index contributed by atoms with van der Waals surface area (Å²) in [4.78, 5) is 113. The number of benzene rings is 2. The van der Waals surface area contributed by atoms with Crippen LogP contribution in [0.4, 0.5) is 50.4 Å². The number of nitrogens with one attached hydrogen (secondary N) is 4. The highest BCUT2D eigenvalue weighted by molar-refractivity contribution is 5.71. The van der Waals surface area contributed by atoms with Gasteiger partial charge >= 0.3 is 0 Å². The van der Waals surface area contributed by atoms with Crippen LogP contribution < -0.4 is 83.0 Å². The Morgan fingerprint density at radius 3 is 1.01 bits per heavy atom. The van der Waals surface area contributed by atoms with Crippen LogP contribution in [0.5, 0.6) is 11.5 Å². The molecule has 33 nitrogen and oxygen atoms in total. The smallest absolute Gasteiger partial charge is 0.258 e. The first-order valence-electron chi connectivity index (χ1n) is 48.2. The summed E-state index contributed by atoms with van der Waals surface area (Å²) < 4.78 is 93.9. The van der Waals surface area contributed by atoms with Crippen LogP contribution in [-0.2, 0) is 0 Å². The Morgan fingerprint density at radius 2 is 0.667 bits per heavy atom. The van der Waals surface area contributed by atoms with Gasteiger partial charge in [0.1, 0.15) is 28.2 Å². The van der Waals surface area contributed by atoms with Crippen molar-refractivity contribution < 1.29 is 31.4 Å². The van der Waals surface area contributed by atoms with Gasteiger partial charge in [-0.15, -0.1) is 0 Å². The first-order chi connectivity index (χ1) is 69.6. The van der Waals surface area contributed by atoms with E-state index < -0.39 is 29.1 Å². The molecule has 0 bridgehead atoms. The maximum Gasteiger partial charge on any atom is 0.258 e. The average Bonchev–Trinajstić information content (AvgIpc) is 1.49. The molecule has 4 atom stereocenters. The molecule has 4 N–H and O–H groups in total. The molecule has 0 saturated carbocycles. The van der Waals surface area contributed by atoms with Gasteiger partial charge < -0.3 is 73.3 Å². The molecule has 0 amide bonds. The Hall–Kier alpha value is -15.6. The fourth-order valence-electron chi connectivity index (χ4n) is 20.0. The molecule has 18 aromatic rings. The fraction of sp³-hybridized carbons (Fsp3) is 0.311. The first-order valence-corrected chi connectivity index (χ1v) is 48.2. The molecule has 6 fully saturated rings. The predicted octanol–water partition coefficient (Wildman–Crippen LogP) is 12.0. The van der Waals surface area contributed by atoms with E-state index >= 15 is 0 Å². The van der Waals surface area contributed by atoms with Crippen molar-refractivity contribution in [2.75, 3.05) is 158 Å². The summed E-state index contributed by atoms with van der Waals surface area (Å²) in [7, 11) is 6.96. The van der Waals surface area contributed by atoms with Crippen LogP contribution in [-0.4, -0.2) is 231 Å². The molecule has 0 spiro atoms. The SMILES string of the molecule is CNC1CCN(c2ccc3nc(-c4ccc(OC)c(F)c4)cc(=O)n3c2)CC1.COc1ccc(-c2cc(=O)n3cc(N4C[C@H]5CNC[C@H]5C4)ccc3n2)cc1F.Cc1cn2cc(-c3cc(=O)n4cc(N5CCCN(C)CC5)ccc4n3)cc(F)c2n1.Cc1cn2cc(-c3cc(=O)n4cc(N5CCNCC5)ccc4n3)cc(F)c2n1.Cc1cn2cc(-c3cc(=O)n4cc(N5C[C@@H](C)N[C@@H](C)C5)ccc4n3)cc(F)c2n1. The Balaban J connectivity index is 0.000000110. The van der Waals surface area contributed by atoms with Crippen LogP contribution in [0.2, 0.25) is 0 Å². The lowest BCUT2D eigenvalue weighted by Crippen LogP contribution is -2.54. The summed E-state index contributed by atoms with van der Waals surface area (Å²) in [6, 6.07) is 40.9. The van der Waals surface area contributed by atoms with Crippen molar-refractivity contribution in [1.29, 1.82) is 0 Å². The molecule has 38 heteroatoms. The number of methoxy groups -OCH3 is 2. The lowest BCUT2D eigenvalue weighted by atomic mass is 10.0. The van der Waals surface area contributed by atoms with Crippen molar-refractivity contribution in [3.05, 3.63) is 312 Å². The van der Waals surface area contributed by atoms with Gasteiger partial charge in [0.15, 0.2) is 57.5 Å². The Kier molecular flexibility index (Phi) is 27.1. The minimum absolute atomic E-state index is 0.160. The third kappa shape index (κ3) is 20.4. The second-order valence-corrected chi connectivity index (χ2v) is 37.6. The highest BCUT2D eigenvalue weighted by Gasteiger charge is 2.37. The molecule has 6 aliphatic heterocycles. The second-order valence-electron chi connectivity index (χ2n) is 37.6. The molecule has 24 rings (SSSR count). The average molecular weight is 1950 g/mol. The van der Waals surface area contributed by atoms with E-state index in [1.54, 1.807) is 80.1 Å². The largest absolute Gasteiger partial charge is 0.494 e. The highest BCUT2D eigenvalue weighted by atomic mass is 19.1. The normalized spacial score (nSPS) is 17.4. The molecule has 0 aliphatic carbocycles. The van der Waals surface area contributed by atoms with Crippen molar-refractivity contribution >= 4 is 73.6 Å². The zero-order valence-electron chi connectivity index (χ0n) is 81.1. The number of likely N-dealkylation sites (N-methyl/N-ethyl adjacent to an activating group) is 1. The number of pyridine rings is 8. The highest BCUT2D eigenvalue weighted by Crippen LogP contribution is 2.35. The molecular weight excluding hydrogens is 1840 g/mol. The van der Waals surface area contributed by atoms with Crippen LogP contribution in [0.1, 0.15) is 50.2 Å². The van der Waals surface area contributed by atoms with E-state index in [0.29, 0.717) is 114 Å². The standard InChI is InChI=1S/2C22H23FN6O.C21H21FN4O2.C21H23FN4O2.C20H19FN6O/c1-13-8-27(9-14(2)24-13)17-4-5-20-26-19(7-21(30)29(20)12-17)16-6-18(23)22-25-15(3)10-28(22)11-16;1-15-12-28-13-16(10-18(23)22(28)24-15)19-11-21(30)29-14-17(4-5-20(29)25-19)27-7-3-6-26(2)8-9-27;1-28-19-4-2-13(6-17(19)22)18-7-21(27)26-12-16(3-5-20(26)24-18)25-10-14-8-23-9-15(14)11-25;1-23-15-7-9-25(10-8-15)16-4-6-20-24-18(12-21(27)26(20)13-16)14-3-5-19(28-2)17(22)11-14;1-13-10-26-11-14(8-16(21)20(26)23-13)17-9-19(28)27-12-15(2-3-18(27)24-17)25-6-4-22-5-7-25/h4-7,10-14,24H,8-9H2,1-3H3;4-5,10-14H,3,6-9H2,1-2H3;2-7,12,14-15,23H,8-11H2,1H3;3-6,11-13,15,23H,7-10H2,1-2H3;2-3,8-12,22H,4-7H2,1H3/t13-,14+;;14-,15+;;. The number of anilines is 5. The molecule has 740 valence electrons. The zero-order valence-corrected chi connectivity index (χ0v) is 81.1. The number of rotatable bonds is 13. The maximum absolute atomic E-state index is 14.5. The fourth-order valence-corrected chi connectivity index (χ4v) is 20.0. The molecule has 0 radical (unpaired) electrons. The molecule has 2 aromatic carbocycles. The van der Waals surface area contributed by atoms with E-state index in [2.05, 4.69) is 111 Å². The molecule has 144 heavy (non-hydrogen) atoms. The van der Waals surface area contributed by atoms with Gasteiger partial charge in [0, 0.05) is 243 Å². The zero-order chi connectivity index (χ0) is 100.0. The molecular formula is C106H109F5N26O7. The van der Waals surface area contributed by atoms with Gasteiger partial charge in [-0.2, -0.15) is 0 Å². The van der Waals surface area contributed by atoms with Crippen molar-refractivity contribution in [3.63, 3.8) is 0 Å². The number of hydrogen-bond donors (Lipinski definition) is 4. The molecule has 0 unspecified atom stereocenters. The van der Waals surface area contributed by atoms with E-state index in [0.717, 1.165) is 169 Å². The number of piperazine rings is 2. The molecule has 6 saturated heterocycles. The van der Waals surface area contributed by atoms with Crippen molar-refractivity contribution in [2.24, 2.45) is 11.8 Å². The van der Waals surface area contributed by atoms with E-state index in [9.17, 15) is 45.9 Å². The lowest BCUT2D eigenvalue weighted by molar-refractivity contribution is 0.360. The third-order valence-corrected chi connectivity index (χ3v) is 27.4. The summed E-state index contributed by atoms with van der Waals surface area (Å²) in [6.07, 6.45) is 22.9. The number of aryl methyl sites for hydroxylation is 3. The quantitative estimate of drug-likeness (QED) is 0.0779. The van der Waals surface area contributed by atoms with Crippen molar-refractivity contribution in [1.82, 2.24) is 101 Å². The van der Waals surface area contributed by atoms with Gasteiger partial charge in [0.05, 0.1) is 88.2 Å². The van der Waals surface area contributed by atoms with Crippen LogP contribution >= 0.6 is 0 Å². The van der Waals surface area contributed by atoms with E-state index in [1.165, 1.54) is 91.4 Å². The van der Waals surface area contributed by atoms with Gasteiger partial charge in [0.25, 0.3) is 27.8 Å². The Morgan fingerprint density at radius 1 is 0.340 bits per heavy atom. The van der Waals surface area contributed by atoms with Crippen molar-refractivity contribution in [3.8, 4) is 67.8 Å². The number of imidazole rings is 3. The number of piperidine rings is 1. The summed E-state index contributed by atoms with van der Waals surface area (Å²) in [6.45, 7) is 25.1. The summed E-state index contributed by atoms with van der Waals surface area (Å²) in [5.41, 5.74) is 14.6. The van der Waals surface area contributed by atoms with Gasteiger partial charge in [-0.3, -0.25) is 46.0 Å². The van der Waals surface area contributed by atoms with Gasteiger partial charge in [-0.1, -0.05) is 0 Å². The van der Waals surface area contributed by atoms with Gasteiger partial charge in [0.2, 0.25) is 0 Å². The number of nitrogens with zero attached hydrogens (tertiary/aromatic N) is 22. The number of aromatic nitrogens is 16. The minimum atomic E-state index is -0.484. The van der Waals surface area contributed by atoms with Crippen LogP contribution in [0, 0.1) is 61.7 Å². The van der Waals surface area contributed by atoms with Crippen LogP contribution in [0.3, 0.4) is 0 Å². The monoisotopic (exact) mass is 1950 g/mol. The summed E-state index contributed by atoms with van der Waals surface area (Å²) >= 11 is 0. The number of halogens is 5. The van der Waals surface area contributed by atoms with Gasteiger partial charge in [-0.25, -0.2) is 61.8 Å². The van der Waals surface area contributed by atoms with Crippen LogP contribution in [0.25, 0.3) is 101 Å². The van der Waals surface area contributed by atoms with E-state index in [1.807, 2.05) is 119 Å².